The number of benzene rings is 1. The maximum absolute atomic E-state index is 11.6. The Labute approximate surface area is 132 Å². The Hall–Kier alpha value is -1.84. The zero-order chi connectivity index (χ0) is 17.3. The van der Waals surface area contributed by atoms with E-state index in [-0.39, 0.29) is 11.1 Å². The first kappa shape index (κ1) is 18.2. The SMILES string of the molecule is CCC(C)(C)c1c(C(=O)[O-])ccc(C(=O)[O-])c1C(C)(C)CC. The van der Waals surface area contributed by atoms with Crippen molar-refractivity contribution in [1.29, 1.82) is 0 Å². The third-order valence-electron chi connectivity index (χ3n) is 4.77. The van der Waals surface area contributed by atoms with Crippen LogP contribution in [0.2, 0.25) is 0 Å². The van der Waals surface area contributed by atoms with Crippen LogP contribution < -0.4 is 10.2 Å². The number of carbonyl (C=O) groups is 2. The molecule has 0 N–H and O–H groups in total. The highest BCUT2D eigenvalue weighted by Gasteiger charge is 2.33. The second-order valence-electron chi connectivity index (χ2n) is 6.96. The van der Waals surface area contributed by atoms with Crippen LogP contribution in [0.1, 0.15) is 86.2 Å². The summed E-state index contributed by atoms with van der Waals surface area (Å²) in [5.74, 6) is -2.57. The molecule has 122 valence electrons. The molecule has 0 spiro atoms. The Kier molecular flexibility index (Phi) is 5.06. The quantitative estimate of drug-likeness (QED) is 0.802. The van der Waals surface area contributed by atoms with Gasteiger partial charge in [0.2, 0.25) is 0 Å². The zero-order valence-corrected chi connectivity index (χ0v) is 14.2. The summed E-state index contributed by atoms with van der Waals surface area (Å²) in [4.78, 5) is 23.1. The summed E-state index contributed by atoms with van der Waals surface area (Å²) in [7, 11) is 0. The van der Waals surface area contributed by atoms with Gasteiger partial charge >= 0.3 is 0 Å². The largest absolute Gasteiger partial charge is 0.545 e. The van der Waals surface area contributed by atoms with Crippen molar-refractivity contribution in [3.8, 4) is 0 Å². The molecule has 0 bridgehead atoms. The van der Waals surface area contributed by atoms with Crippen molar-refractivity contribution in [2.45, 2.75) is 65.2 Å². The van der Waals surface area contributed by atoms with Crippen LogP contribution in [0.5, 0.6) is 0 Å². The molecule has 0 radical (unpaired) electrons. The fourth-order valence-corrected chi connectivity index (χ4v) is 2.70. The van der Waals surface area contributed by atoms with Crippen molar-refractivity contribution in [1.82, 2.24) is 0 Å². The van der Waals surface area contributed by atoms with E-state index in [2.05, 4.69) is 0 Å². The van der Waals surface area contributed by atoms with Crippen LogP contribution in [-0.2, 0) is 10.8 Å². The molecular formula is C18H24O4-2. The second-order valence-corrected chi connectivity index (χ2v) is 6.96. The number of rotatable bonds is 6. The normalized spacial score (nSPS) is 12.3. The van der Waals surface area contributed by atoms with E-state index in [0.717, 1.165) is 0 Å². The molecule has 0 atom stereocenters. The number of hydrogen-bond donors (Lipinski definition) is 0. The van der Waals surface area contributed by atoms with Gasteiger partial charge in [0.15, 0.2) is 0 Å². The van der Waals surface area contributed by atoms with Crippen LogP contribution >= 0.6 is 0 Å². The van der Waals surface area contributed by atoms with E-state index in [4.69, 9.17) is 0 Å². The third-order valence-corrected chi connectivity index (χ3v) is 4.77. The van der Waals surface area contributed by atoms with Crippen molar-refractivity contribution < 1.29 is 19.8 Å². The monoisotopic (exact) mass is 304 g/mol. The second kappa shape index (κ2) is 6.11. The molecule has 0 fully saturated rings. The Morgan fingerprint density at radius 2 is 1.09 bits per heavy atom. The molecule has 0 saturated heterocycles. The first-order valence-electron chi connectivity index (χ1n) is 7.60. The highest BCUT2D eigenvalue weighted by atomic mass is 16.4. The predicted molar refractivity (Wildman–Crippen MR) is 81.7 cm³/mol. The summed E-state index contributed by atoms with van der Waals surface area (Å²) in [5, 5.41) is 23.1. The maximum Gasteiger partial charge on any atom is 0.0718 e. The van der Waals surface area contributed by atoms with Crippen LogP contribution in [-0.4, -0.2) is 11.9 Å². The van der Waals surface area contributed by atoms with Crippen LogP contribution in [0, 0.1) is 0 Å². The molecule has 1 rings (SSSR count). The first-order valence-corrected chi connectivity index (χ1v) is 7.60. The fraction of sp³-hybridized carbons (Fsp3) is 0.556. The topological polar surface area (TPSA) is 80.3 Å². The first-order chi connectivity index (χ1) is 9.99. The maximum atomic E-state index is 11.6. The van der Waals surface area contributed by atoms with E-state index < -0.39 is 22.8 Å². The van der Waals surface area contributed by atoms with E-state index in [0.29, 0.717) is 24.0 Å². The molecule has 1 aromatic rings. The van der Waals surface area contributed by atoms with Crippen LogP contribution in [0.25, 0.3) is 0 Å². The summed E-state index contributed by atoms with van der Waals surface area (Å²) < 4.78 is 0. The summed E-state index contributed by atoms with van der Waals surface area (Å²) in [5.41, 5.74) is 0.250. The number of carboxylic acid groups (broad SMARTS) is 2. The lowest BCUT2D eigenvalue weighted by Crippen LogP contribution is -2.36. The average molecular weight is 304 g/mol. The van der Waals surface area contributed by atoms with Gasteiger partial charge in [-0.15, -0.1) is 0 Å². The highest BCUT2D eigenvalue weighted by molar-refractivity contribution is 5.94. The summed E-state index contributed by atoms with van der Waals surface area (Å²) >= 11 is 0. The van der Waals surface area contributed by atoms with Crippen LogP contribution in [0.4, 0.5) is 0 Å². The molecule has 0 amide bonds. The van der Waals surface area contributed by atoms with Gasteiger partial charge in [-0.2, -0.15) is 0 Å². The van der Waals surface area contributed by atoms with Gasteiger partial charge in [-0.25, -0.2) is 0 Å². The lowest BCUT2D eigenvalue weighted by molar-refractivity contribution is -0.256. The van der Waals surface area contributed by atoms with Crippen molar-refractivity contribution in [2.75, 3.05) is 0 Å². The van der Waals surface area contributed by atoms with Crippen molar-refractivity contribution >= 4 is 11.9 Å². The summed E-state index contributed by atoms with van der Waals surface area (Å²) in [6.45, 7) is 11.6. The Bertz CT molecular complexity index is 544. The molecule has 0 aromatic heterocycles. The summed E-state index contributed by atoms with van der Waals surface area (Å²) in [6, 6.07) is 2.64. The molecule has 0 aliphatic rings. The zero-order valence-electron chi connectivity index (χ0n) is 14.2. The Morgan fingerprint density at radius 3 is 1.27 bits per heavy atom. The van der Waals surface area contributed by atoms with Gasteiger partial charge < -0.3 is 19.8 Å². The minimum Gasteiger partial charge on any atom is -0.545 e. The van der Waals surface area contributed by atoms with Crippen LogP contribution in [0.15, 0.2) is 12.1 Å². The molecule has 22 heavy (non-hydrogen) atoms. The van der Waals surface area contributed by atoms with Gasteiger partial charge in [0.05, 0.1) is 11.9 Å². The molecule has 0 aliphatic carbocycles. The standard InChI is InChI=1S/C18H26O4/c1-7-17(3,4)13-11(15(19)20)9-10-12(16(21)22)14(13)18(5,6)8-2/h9-10H,7-8H2,1-6H3,(H,19,20)(H,21,22)/p-2. The van der Waals surface area contributed by atoms with E-state index in [1.54, 1.807) is 0 Å². The molecule has 0 aliphatic heterocycles. The van der Waals surface area contributed by atoms with Gasteiger partial charge in [0.25, 0.3) is 0 Å². The molecular weight excluding hydrogens is 280 g/mol. The molecule has 4 heteroatoms. The van der Waals surface area contributed by atoms with E-state index in [9.17, 15) is 19.8 Å². The number of hydrogen-bond acceptors (Lipinski definition) is 4. The molecule has 0 saturated carbocycles. The smallest absolute Gasteiger partial charge is 0.0718 e. The summed E-state index contributed by atoms with van der Waals surface area (Å²) in [6.07, 6.45) is 1.35. The fourth-order valence-electron chi connectivity index (χ4n) is 2.70. The van der Waals surface area contributed by atoms with E-state index >= 15 is 0 Å². The van der Waals surface area contributed by atoms with Crippen LogP contribution in [0.3, 0.4) is 0 Å². The molecule has 4 nitrogen and oxygen atoms in total. The predicted octanol–water partition coefficient (Wildman–Crippen LogP) is 1.79. The lowest BCUT2D eigenvalue weighted by atomic mass is 9.68. The highest BCUT2D eigenvalue weighted by Crippen LogP contribution is 2.41. The van der Waals surface area contributed by atoms with Gasteiger partial charge in [0.1, 0.15) is 0 Å². The van der Waals surface area contributed by atoms with Gasteiger partial charge in [0, 0.05) is 11.1 Å². The number of carboxylic acids is 2. The van der Waals surface area contributed by atoms with Gasteiger partial charge in [-0.3, -0.25) is 0 Å². The third kappa shape index (κ3) is 3.16. The van der Waals surface area contributed by atoms with Gasteiger partial charge in [-0.1, -0.05) is 53.7 Å². The average Bonchev–Trinajstić information content (AvgIpc) is 2.45. The van der Waals surface area contributed by atoms with E-state index in [1.165, 1.54) is 12.1 Å². The van der Waals surface area contributed by atoms with Gasteiger partial charge in [-0.05, 0) is 34.8 Å². The molecule has 1 aromatic carbocycles. The molecule has 0 heterocycles. The minimum absolute atomic E-state index is 0.0633. The lowest BCUT2D eigenvalue weighted by Gasteiger charge is -2.37. The van der Waals surface area contributed by atoms with Crippen molar-refractivity contribution in [3.63, 3.8) is 0 Å². The minimum atomic E-state index is -1.28. The van der Waals surface area contributed by atoms with Crippen molar-refractivity contribution in [3.05, 3.63) is 34.4 Å². The number of aromatic carboxylic acids is 2. The Balaban J connectivity index is 3.99. The Morgan fingerprint density at radius 1 is 0.818 bits per heavy atom. The molecule has 0 unspecified atom stereocenters. The van der Waals surface area contributed by atoms with E-state index in [1.807, 2.05) is 41.5 Å². The number of carbonyl (C=O) groups excluding carboxylic acids is 2. The van der Waals surface area contributed by atoms with Crippen molar-refractivity contribution in [2.24, 2.45) is 0 Å².